The lowest BCUT2D eigenvalue weighted by atomic mass is 10.1. The van der Waals surface area contributed by atoms with Crippen molar-refractivity contribution < 1.29 is 38.0 Å². The van der Waals surface area contributed by atoms with Gasteiger partial charge in [0.2, 0.25) is 5.69 Å². The summed E-state index contributed by atoms with van der Waals surface area (Å²) in [5.41, 5.74) is 3.72. The van der Waals surface area contributed by atoms with Gasteiger partial charge in [-0.15, -0.1) is 11.3 Å². The van der Waals surface area contributed by atoms with Gasteiger partial charge in [-0.1, -0.05) is 0 Å². The Hall–Kier alpha value is -3.92. The largest absolute Gasteiger partial charge is 0.469 e. The number of ether oxygens (including phenoxy) is 6. The van der Waals surface area contributed by atoms with E-state index in [0.29, 0.717) is 79.6 Å². The second kappa shape index (κ2) is 21.7. The van der Waals surface area contributed by atoms with Gasteiger partial charge in [0.1, 0.15) is 17.7 Å². The predicted octanol–water partition coefficient (Wildman–Crippen LogP) is 5.59. The van der Waals surface area contributed by atoms with Gasteiger partial charge in [0, 0.05) is 18.8 Å². The molecule has 45 heavy (non-hydrogen) atoms. The zero-order valence-corrected chi connectivity index (χ0v) is 27.2. The highest BCUT2D eigenvalue weighted by atomic mass is 32.1. The van der Waals surface area contributed by atoms with Crippen LogP contribution in [0.3, 0.4) is 0 Å². The number of nitriles is 1. The molecular formula is C31H41N5O8S. The summed E-state index contributed by atoms with van der Waals surface area (Å²) in [6.07, 6.45) is -0.0157. The first-order chi connectivity index (χ1) is 21.8. The van der Waals surface area contributed by atoms with Crippen molar-refractivity contribution in [3.05, 3.63) is 45.6 Å². The predicted molar refractivity (Wildman–Crippen MR) is 169 cm³/mol. The lowest BCUT2D eigenvalue weighted by molar-refractivity contribution is -0.150. The highest BCUT2D eigenvalue weighted by Gasteiger charge is 2.15. The molecule has 1 aromatic carbocycles. The minimum atomic E-state index is -0.467. The van der Waals surface area contributed by atoms with Gasteiger partial charge in [-0.25, -0.2) is 4.85 Å². The van der Waals surface area contributed by atoms with E-state index in [1.165, 1.54) is 18.4 Å². The van der Waals surface area contributed by atoms with Crippen molar-refractivity contribution in [1.82, 2.24) is 0 Å². The van der Waals surface area contributed by atoms with Crippen molar-refractivity contribution in [3.8, 4) is 6.07 Å². The molecular weight excluding hydrogens is 602 g/mol. The van der Waals surface area contributed by atoms with Crippen LogP contribution in [0.25, 0.3) is 4.85 Å². The molecule has 0 saturated carbocycles. The number of rotatable bonds is 22. The molecule has 0 fully saturated rings. The molecule has 0 aliphatic heterocycles. The summed E-state index contributed by atoms with van der Waals surface area (Å²) in [5, 5.41) is 18.3. The van der Waals surface area contributed by atoms with Crippen molar-refractivity contribution >= 4 is 45.3 Å². The molecule has 0 radical (unpaired) electrons. The minimum Gasteiger partial charge on any atom is -0.469 e. The molecule has 14 heteroatoms. The molecule has 1 heterocycles. The van der Waals surface area contributed by atoms with Crippen molar-refractivity contribution in [1.29, 1.82) is 5.26 Å². The SMILES string of the molecule is [C-]#[N+]c1c(N=Nc2ccc(N(CC)CCOCCOCCOCCOCCOC(=O)CCC(=O)OC)cc2C)sc(C#N)c1C. The fourth-order valence-corrected chi connectivity index (χ4v) is 4.71. The zero-order chi connectivity index (χ0) is 32.9. The van der Waals surface area contributed by atoms with Crippen LogP contribution in [-0.2, 0) is 38.0 Å². The average Bonchev–Trinajstić information content (AvgIpc) is 3.36. The molecule has 2 aromatic rings. The van der Waals surface area contributed by atoms with Crippen LogP contribution >= 0.6 is 11.3 Å². The third-order valence-electron chi connectivity index (χ3n) is 6.36. The quantitative estimate of drug-likeness (QED) is 0.0689. The molecule has 0 unspecified atom stereocenters. The second-order valence-electron chi connectivity index (χ2n) is 9.43. The van der Waals surface area contributed by atoms with Crippen molar-refractivity contribution in [2.75, 3.05) is 84.6 Å². The van der Waals surface area contributed by atoms with Crippen molar-refractivity contribution in [3.63, 3.8) is 0 Å². The molecule has 0 saturated heterocycles. The molecule has 0 bridgehead atoms. The maximum Gasteiger partial charge on any atom is 0.306 e. The Morgan fingerprint density at radius 3 is 2.09 bits per heavy atom. The van der Waals surface area contributed by atoms with Gasteiger partial charge in [-0.05, 0) is 50.1 Å². The molecule has 1 aromatic heterocycles. The number of nitrogens with zero attached hydrogens (tertiary/aromatic N) is 5. The summed E-state index contributed by atoms with van der Waals surface area (Å²) in [4.78, 5) is 28.6. The number of azo groups is 1. The Labute approximate surface area is 268 Å². The molecule has 0 aliphatic carbocycles. The maximum atomic E-state index is 11.4. The summed E-state index contributed by atoms with van der Waals surface area (Å²) >= 11 is 1.18. The highest BCUT2D eigenvalue weighted by Crippen LogP contribution is 2.42. The van der Waals surface area contributed by atoms with E-state index in [0.717, 1.165) is 17.8 Å². The number of aryl methyl sites for hydroxylation is 1. The van der Waals surface area contributed by atoms with Crippen LogP contribution in [0.5, 0.6) is 0 Å². The van der Waals surface area contributed by atoms with Gasteiger partial charge in [0.15, 0.2) is 0 Å². The number of carbonyl (C=O) groups is 2. The Bertz CT molecular complexity index is 1330. The van der Waals surface area contributed by atoms with Crippen molar-refractivity contribution in [2.24, 2.45) is 10.2 Å². The number of likely N-dealkylation sites (N-methyl/N-ethyl adjacent to an activating group) is 1. The maximum absolute atomic E-state index is 11.4. The summed E-state index contributed by atoms with van der Waals surface area (Å²) in [7, 11) is 1.27. The Morgan fingerprint density at radius 2 is 1.53 bits per heavy atom. The molecule has 0 spiro atoms. The fraction of sp³-hybridized carbons (Fsp3) is 0.548. The summed E-state index contributed by atoms with van der Waals surface area (Å²) < 4.78 is 31.5. The standard InChI is InChI=1S/C31H41N5O8S/c1-6-36(25-7-8-26(23(2)21-25)34-35-31-30(33-4)24(3)27(22-32)45-31)11-12-40-13-14-41-15-16-42-17-18-43-19-20-44-29(38)10-9-28(37)39-5/h7-8,21H,6,9-20H2,1-3,5H3. The molecule has 0 aliphatic rings. The highest BCUT2D eigenvalue weighted by molar-refractivity contribution is 7.17. The number of carbonyl (C=O) groups excluding carboxylic acids is 2. The molecule has 244 valence electrons. The number of esters is 2. The van der Waals surface area contributed by atoms with Crippen LogP contribution < -0.4 is 4.90 Å². The van der Waals surface area contributed by atoms with E-state index in [1.807, 2.05) is 25.1 Å². The van der Waals surface area contributed by atoms with Crippen molar-refractivity contribution in [2.45, 2.75) is 33.6 Å². The third-order valence-corrected chi connectivity index (χ3v) is 7.43. The molecule has 0 atom stereocenters. The van der Waals surface area contributed by atoms with E-state index in [1.54, 1.807) is 6.92 Å². The first kappa shape index (κ1) is 37.3. The Balaban J connectivity index is 1.55. The number of anilines is 1. The van der Waals surface area contributed by atoms with Crippen LogP contribution in [-0.4, -0.2) is 91.6 Å². The van der Waals surface area contributed by atoms with Gasteiger partial charge in [0.05, 0.1) is 89.9 Å². The van der Waals surface area contributed by atoms with E-state index < -0.39 is 11.9 Å². The fourth-order valence-electron chi connectivity index (χ4n) is 3.84. The van der Waals surface area contributed by atoms with Gasteiger partial charge in [0.25, 0.3) is 0 Å². The van der Waals surface area contributed by atoms with Crippen LogP contribution in [0.4, 0.5) is 22.1 Å². The Kier molecular flexibility index (Phi) is 18.0. The number of thiophene rings is 1. The van der Waals surface area contributed by atoms with E-state index >= 15 is 0 Å². The topological polar surface area (TPSA) is 146 Å². The monoisotopic (exact) mass is 643 g/mol. The second-order valence-corrected chi connectivity index (χ2v) is 10.4. The lowest BCUT2D eigenvalue weighted by Crippen LogP contribution is -2.27. The van der Waals surface area contributed by atoms with E-state index in [2.05, 4.69) is 37.7 Å². The number of hydrogen-bond acceptors (Lipinski definition) is 13. The van der Waals surface area contributed by atoms with Gasteiger partial charge in [-0.2, -0.15) is 15.5 Å². The number of methoxy groups -OCH3 is 1. The number of benzene rings is 1. The van der Waals surface area contributed by atoms with Crippen LogP contribution in [0.15, 0.2) is 28.4 Å². The van der Waals surface area contributed by atoms with Gasteiger partial charge < -0.3 is 33.3 Å². The normalized spacial score (nSPS) is 10.9. The van der Waals surface area contributed by atoms with E-state index in [4.69, 9.17) is 30.3 Å². The zero-order valence-electron chi connectivity index (χ0n) is 26.3. The molecule has 0 amide bonds. The van der Waals surface area contributed by atoms with Crippen LogP contribution in [0, 0.1) is 31.8 Å². The number of hydrogen-bond donors (Lipinski definition) is 0. The molecule has 0 N–H and O–H groups in total. The third kappa shape index (κ3) is 13.7. The van der Waals surface area contributed by atoms with Crippen LogP contribution in [0.2, 0.25) is 0 Å². The summed E-state index contributed by atoms with van der Waals surface area (Å²) in [6.45, 7) is 18.2. The Morgan fingerprint density at radius 1 is 0.933 bits per heavy atom. The minimum absolute atomic E-state index is 0.00104. The molecule has 2 rings (SSSR count). The van der Waals surface area contributed by atoms with Crippen LogP contribution in [0.1, 0.15) is 35.8 Å². The van der Waals surface area contributed by atoms with Gasteiger partial charge in [-0.3, -0.25) is 9.59 Å². The molecule has 13 nitrogen and oxygen atoms in total. The summed E-state index contributed by atoms with van der Waals surface area (Å²) in [5.74, 6) is -0.918. The first-order valence-corrected chi connectivity index (χ1v) is 15.4. The van der Waals surface area contributed by atoms with E-state index in [9.17, 15) is 14.9 Å². The average molecular weight is 644 g/mol. The summed E-state index contributed by atoms with van der Waals surface area (Å²) in [6, 6.07) is 8.04. The lowest BCUT2D eigenvalue weighted by Gasteiger charge is -2.23. The smallest absolute Gasteiger partial charge is 0.306 e. The first-order valence-electron chi connectivity index (χ1n) is 14.6. The van der Waals surface area contributed by atoms with E-state index in [-0.39, 0.29) is 26.1 Å². The van der Waals surface area contributed by atoms with Gasteiger partial charge >= 0.3 is 11.9 Å².